The number of hydrogen-bond donors (Lipinski definition) is 3. The van der Waals surface area contributed by atoms with Gasteiger partial charge >= 0.3 is 0 Å². The van der Waals surface area contributed by atoms with Crippen molar-refractivity contribution in [2.75, 3.05) is 20.3 Å². The summed E-state index contributed by atoms with van der Waals surface area (Å²) in [5.74, 6) is -1.14. The van der Waals surface area contributed by atoms with Crippen LogP contribution in [-0.2, 0) is 15.8 Å². The van der Waals surface area contributed by atoms with Gasteiger partial charge in [0.25, 0.3) is 5.91 Å². The first-order chi connectivity index (χ1) is 20.8. The number of ether oxygens (including phenoxy) is 2. The minimum atomic E-state index is -2.30. The number of aryl methyl sites for hydroxylation is 1. The topological polar surface area (TPSA) is 137 Å². The first-order valence-electron chi connectivity index (χ1n) is 13.9. The molecule has 0 saturated heterocycles. The lowest BCUT2D eigenvalue weighted by Crippen LogP contribution is -2.49. The average Bonchev–Trinajstić information content (AvgIpc) is 3.67. The first-order valence-corrected chi connectivity index (χ1v) is 14.7. The van der Waals surface area contributed by atoms with E-state index in [0.29, 0.717) is 27.8 Å². The Morgan fingerprint density at radius 3 is 2.52 bits per heavy atom. The summed E-state index contributed by atoms with van der Waals surface area (Å²) in [6.45, 7) is 2.79. The Hall–Kier alpha value is -4.16. The Morgan fingerprint density at radius 1 is 1.18 bits per heavy atom. The summed E-state index contributed by atoms with van der Waals surface area (Å²) in [7, 11) is 1.47. The third kappa shape index (κ3) is 4.76. The van der Waals surface area contributed by atoms with Crippen LogP contribution in [0.1, 0.15) is 47.1 Å². The van der Waals surface area contributed by atoms with E-state index < -0.39 is 40.9 Å². The number of carbonyl (C=O) groups is 2. The number of aliphatic hydroxyl groups is 1. The van der Waals surface area contributed by atoms with E-state index >= 15 is 4.39 Å². The molecule has 1 fully saturated rings. The number of nitrogens with one attached hydrogen (secondary N) is 1. The molecule has 1 aliphatic heterocycles. The molecule has 4 aromatic rings. The van der Waals surface area contributed by atoms with Crippen LogP contribution in [0.3, 0.4) is 0 Å². The number of pyridine rings is 2. The molecule has 1 saturated carbocycles. The number of hydrogen-bond acceptors (Lipinski definition) is 7. The number of nitrogens with two attached hydrogens (primary N) is 1. The van der Waals surface area contributed by atoms with Gasteiger partial charge in [0.05, 0.1) is 25.0 Å². The zero-order chi connectivity index (χ0) is 31.6. The molecule has 6 rings (SSSR count). The number of primary amides is 1. The van der Waals surface area contributed by atoms with Crippen molar-refractivity contribution in [1.29, 1.82) is 0 Å². The van der Waals surface area contributed by atoms with Crippen LogP contribution < -0.4 is 20.5 Å². The van der Waals surface area contributed by atoms with Crippen LogP contribution in [0, 0.1) is 12.7 Å². The maximum absolute atomic E-state index is 16.1. The predicted molar refractivity (Wildman–Crippen MR) is 162 cm³/mol. The predicted octanol–water partition coefficient (Wildman–Crippen LogP) is 4.77. The molecule has 12 heteroatoms. The second-order valence-electron chi connectivity index (χ2n) is 11.5. The number of fused-ring (bicyclic) bond motifs is 2. The molecule has 2 aliphatic rings. The molecule has 2 aromatic carbocycles. The van der Waals surface area contributed by atoms with E-state index in [4.69, 9.17) is 15.2 Å². The van der Waals surface area contributed by atoms with Crippen molar-refractivity contribution < 1.29 is 33.0 Å². The van der Waals surface area contributed by atoms with Crippen molar-refractivity contribution in [3.05, 3.63) is 81.3 Å². The summed E-state index contributed by atoms with van der Waals surface area (Å²) >= 11 is 3.46. The minimum absolute atomic E-state index is 0.0243. The molecule has 3 heterocycles. The van der Waals surface area contributed by atoms with Gasteiger partial charge < -0.3 is 25.6 Å². The van der Waals surface area contributed by atoms with Crippen molar-refractivity contribution in [1.82, 2.24) is 15.3 Å². The number of rotatable bonds is 8. The van der Waals surface area contributed by atoms with Crippen molar-refractivity contribution >= 4 is 38.6 Å². The van der Waals surface area contributed by atoms with E-state index in [1.165, 1.54) is 43.5 Å². The summed E-state index contributed by atoms with van der Waals surface area (Å²) in [5.41, 5.74) is 2.37. The number of amides is 2. The Labute approximate surface area is 259 Å². The second kappa shape index (κ2) is 10.5. The molecule has 0 spiro atoms. The van der Waals surface area contributed by atoms with E-state index in [2.05, 4.69) is 31.2 Å². The molecule has 2 aromatic heterocycles. The van der Waals surface area contributed by atoms with Crippen LogP contribution in [0.15, 0.2) is 53.0 Å². The Kier molecular flexibility index (Phi) is 7.12. The molecular formula is C32H29BrF2N4O5. The highest BCUT2D eigenvalue weighted by molar-refractivity contribution is 9.10. The number of carbonyl (C=O) groups excluding carboxylic acids is 2. The molecule has 44 heavy (non-hydrogen) atoms. The van der Waals surface area contributed by atoms with Gasteiger partial charge in [0, 0.05) is 26.5 Å². The lowest BCUT2D eigenvalue weighted by atomic mass is 9.80. The third-order valence-corrected chi connectivity index (χ3v) is 9.39. The summed E-state index contributed by atoms with van der Waals surface area (Å²) in [6, 6.07) is 11.8. The van der Waals surface area contributed by atoms with Gasteiger partial charge in [0.1, 0.15) is 46.2 Å². The van der Waals surface area contributed by atoms with Crippen molar-refractivity contribution in [3.8, 4) is 22.8 Å². The highest BCUT2D eigenvalue weighted by Gasteiger charge is 2.62. The second-order valence-corrected chi connectivity index (χ2v) is 12.4. The molecule has 9 nitrogen and oxygen atoms in total. The molecule has 2 atom stereocenters. The van der Waals surface area contributed by atoms with E-state index in [0.717, 1.165) is 10.2 Å². The number of aromatic nitrogens is 2. The van der Waals surface area contributed by atoms with E-state index in [1.807, 2.05) is 13.0 Å². The molecule has 0 bridgehead atoms. The summed E-state index contributed by atoms with van der Waals surface area (Å²) in [6.07, 6.45) is 0.0485. The lowest BCUT2D eigenvalue weighted by Gasteiger charge is -2.33. The maximum Gasteiger partial charge on any atom is 0.251 e. The first kappa shape index (κ1) is 29.9. The Balaban J connectivity index is 1.42. The van der Waals surface area contributed by atoms with Crippen LogP contribution in [0.5, 0.6) is 11.5 Å². The highest BCUT2D eigenvalue weighted by atomic mass is 79.9. The van der Waals surface area contributed by atoms with Crippen LogP contribution in [0.2, 0.25) is 0 Å². The Morgan fingerprint density at radius 2 is 1.89 bits per heavy atom. The van der Waals surface area contributed by atoms with Gasteiger partial charge in [-0.15, -0.1) is 0 Å². The fourth-order valence-corrected chi connectivity index (χ4v) is 5.86. The summed E-state index contributed by atoms with van der Waals surface area (Å²) < 4.78 is 42.0. The molecule has 0 unspecified atom stereocenters. The van der Waals surface area contributed by atoms with Gasteiger partial charge in [0.2, 0.25) is 5.91 Å². The van der Waals surface area contributed by atoms with Crippen LogP contribution >= 0.6 is 15.9 Å². The molecule has 2 amide bonds. The quantitative estimate of drug-likeness (QED) is 0.246. The zero-order valence-electron chi connectivity index (χ0n) is 24.1. The van der Waals surface area contributed by atoms with E-state index in [1.54, 1.807) is 13.0 Å². The monoisotopic (exact) mass is 666 g/mol. The molecule has 0 radical (unpaired) electrons. The van der Waals surface area contributed by atoms with Crippen molar-refractivity contribution in [2.45, 2.75) is 43.4 Å². The van der Waals surface area contributed by atoms with Crippen molar-refractivity contribution in [3.63, 3.8) is 0 Å². The standard InChI is InChI=1S/C32H29BrF2N4O5/c1-16-22(33)11-18-10-19(12-23(43-3)25(18)38-16)28(40)37-14-32(42,31(35)8-9-31)24-13-21-27(44-15-30(21,2)29(36)41)26(39-24)17-4-6-20(34)7-5-17/h4-7,10-13,42H,8-9,14-15H2,1-3H3,(H2,36,41)(H,37,40)/t30-,32-/m0/s1. The number of benzene rings is 2. The van der Waals surface area contributed by atoms with Crippen LogP contribution in [0.4, 0.5) is 8.78 Å². The van der Waals surface area contributed by atoms with Crippen LogP contribution in [0.25, 0.3) is 22.2 Å². The molecule has 4 N–H and O–H groups in total. The van der Waals surface area contributed by atoms with Gasteiger partial charge in [-0.05, 0) is 91.1 Å². The van der Waals surface area contributed by atoms with E-state index in [9.17, 15) is 19.1 Å². The molecular weight excluding hydrogens is 638 g/mol. The van der Waals surface area contributed by atoms with E-state index in [-0.39, 0.29) is 42.1 Å². The van der Waals surface area contributed by atoms with Gasteiger partial charge in [-0.2, -0.15) is 0 Å². The number of methoxy groups -OCH3 is 1. The van der Waals surface area contributed by atoms with Gasteiger partial charge in [-0.25, -0.2) is 18.7 Å². The molecule has 228 valence electrons. The number of alkyl halides is 1. The van der Waals surface area contributed by atoms with Gasteiger partial charge in [0.15, 0.2) is 5.60 Å². The SMILES string of the molecule is COc1cc(C(=O)NC[C@](O)(c2cc3c(c(-c4ccc(F)cc4)n2)OC[C@]3(C)C(N)=O)C2(F)CC2)cc2cc(Br)c(C)nc12. The fourth-order valence-electron chi connectivity index (χ4n) is 5.52. The highest BCUT2D eigenvalue weighted by Crippen LogP contribution is 2.55. The van der Waals surface area contributed by atoms with Crippen LogP contribution in [-0.4, -0.2) is 52.8 Å². The third-order valence-electron chi connectivity index (χ3n) is 8.59. The lowest BCUT2D eigenvalue weighted by molar-refractivity contribution is -0.123. The average molecular weight is 668 g/mol. The zero-order valence-corrected chi connectivity index (χ0v) is 25.7. The largest absolute Gasteiger partial charge is 0.494 e. The van der Waals surface area contributed by atoms with Gasteiger partial charge in [-0.1, -0.05) is 0 Å². The number of nitrogens with zero attached hydrogens (tertiary/aromatic N) is 2. The van der Waals surface area contributed by atoms with Gasteiger partial charge in [-0.3, -0.25) is 9.59 Å². The number of halogens is 3. The summed E-state index contributed by atoms with van der Waals surface area (Å²) in [4.78, 5) is 35.2. The molecule has 1 aliphatic carbocycles. The maximum atomic E-state index is 16.1. The Bertz CT molecular complexity index is 1850. The van der Waals surface area contributed by atoms with Crippen molar-refractivity contribution in [2.24, 2.45) is 5.73 Å². The normalized spacial score (nSPS) is 19.5. The fraction of sp³-hybridized carbons (Fsp3) is 0.312. The minimum Gasteiger partial charge on any atom is -0.494 e. The summed E-state index contributed by atoms with van der Waals surface area (Å²) in [5, 5.41) is 15.4. The smallest absolute Gasteiger partial charge is 0.251 e.